The summed E-state index contributed by atoms with van der Waals surface area (Å²) in [5, 5.41) is 0. The first-order chi connectivity index (χ1) is 7.67. The van der Waals surface area contributed by atoms with E-state index in [1.807, 2.05) is 0 Å². The Balaban J connectivity index is 2.58. The van der Waals surface area contributed by atoms with Gasteiger partial charge in [-0.05, 0) is 32.0 Å². The van der Waals surface area contributed by atoms with Crippen molar-refractivity contribution in [2.75, 3.05) is 27.8 Å². The fraction of sp³-hybridized carbons (Fsp3) is 0.538. The second kappa shape index (κ2) is 4.34. The van der Waals surface area contributed by atoms with Crippen LogP contribution in [0.5, 0.6) is 11.5 Å². The third-order valence-corrected chi connectivity index (χ3v) is 3.24. The largest absolute Gasteiger partial charge is 0.496 e. The van der Waals surface area contributed by atoms with Crippen molar-refractivity contribution in [2.45, 2.75) is 19.9 Å². The van der Waals surface area contributed by atoms with Crippen LogP contribution in [0.2, 0.25) is 0 Å². The van der Waals surface area contributed by atoms with Gasteiger partial charge in [0, 0.05) is 24.2 Å². The van der Waals surface area contributed by atoms with Crippen molar-refractivity contribution in [3.05, 3.63) is 22.8 Å². The van der Waals surface area contributed by atoms with Gasteiger partial charge in [-0.15, -0.1) is 0 Å². The molecule has 0 aromatic heterocycles. The SMILES string of the molecule is COc1cc(C)c(OC)c2c1CCN(C)C2. The van der Waals surface area contributed by atoms with E-state index in [0.29, 0.717) is 0 Å². The summed E-state index contributed by atoms with van der Waals surface area (Å²) < 4.78 is 11.0. The summed E-state index contributed by atoms with van der Waals surface area (Å²) in [6.45, 7) is 4.09. The highest BCUT2D eigenvalue weighted by Crippen LogP contribution is 2.37. The van der Waals surface area contributed by atoms with E-state index in [-0.39, 0.29) is 0 Å². The van der Waals surface area contributed by atoms with Gasteiger partial charge in [0.25, 0.3) is 0 Å². The van der Waals surface area contributed by atoms with E-state index >= 15 is 0 Å². The molecular formula is C13H19NO2. The monoisotopic (exact) mass is 221 g/mol. The average Bonchev–Trinajstić information content (AvgIpc) is 2.27. The number of ether oxygens (including phenoxy) is 2. The fourth-order valence-corrected chi connectivity index (χ4v) is 2.43. The summed E-state index contributed by atoms with van der Waals surface area (Å²) in [5.74, 6) is 2.02. The third-order valence-electron chi connectivity index (χ3n) is 3.24. The molecule has 2 rings (SSSR count). The molecule has 1 aliphatic heterocycles. The van der Waals surface area contributed by atoms with Gasteiger partial charge in [-0.25, -0.2) is 0 Å². The van der Waals surface area contributed by atoms with Crippen LogP contribution in [0.4, 0.5) is 0 Å². The molecule has 1 heterocycles. The smallest absolute Gasteiger partial charge is 0.126 e. The zero-order valence-corrected chi connectivity index (χ0v) is 10.5. The van der Waals surface area contributed by atoms with Crippen LogP contribution in [-0.2, 0) is 13.0 Å². The Hall–Kier alpha value is -1.22. The van der Waals surface area contributed by atoms with E-state index in [2.05, 4.69) is 24.9 Å². The van der Waals surface area contributed by atoms with E-state index in [1.165, 1.54) is 11.1 Å². The lowest BCUT2D eigenvalue weighted by Crippen LogP contribution is -2.27. The first kappa shape index (κ1) is 11.3. The molecule has 0 bridgehead atoms. The van der Waals surface area contributed by atoms with Gasteiger partial charge in [-0.3, -0.25) is 0 Å². The van der Waals surface area contributed by atoms with Crippen LogP contribution in [0.25, 0.3) is 0 Å². The number of methoxy groups -OCH3 is 2. The van der Waals surface area contributed by atoms with Crippen LogP contribution in [0.1, 0.15) is 16.7 Å². The molecule has 88 valence electrons. The highest BCUT2D eigenvalue weighted by molar-refractivity contribution is 5.54. The molecule has 0 amide bonds. The van der Waals surface area contributed by atoms with Crippen molar-refractivity contribution in [3.8, 4) is 11.5 Å². The fourth-order valence-electron chi connectivity index (χ4n) is 2.43. The van der Waals surface area contributed by atoms with Crippen LogP contribution in [0.3, 0.4) is 0 Å². The van der Waals surface area contributed by atoms with E-state index in [0.717, 1.165) is 36.6 Å². The Morgan fingerprint density at radius 2 is 1.94 bits per heavy atom. The molecule has 0 atom stereocenters. The molecule has 1 aromatic rings. The van der Waals surface area contributed by atoms with Gasteiger partial charge in [0.1, 0.15) is 11.5 Å². The Morgan fingerprint density at radius 3 is 2.56 bits per heavy atom. The molecule has 0 unspecified atom stereocenters. The lowest BCUT2D eigenvalue weighted by molar-refractivity contribution is 0.295. The second-order valence-electron chi connectivity index (χ2n) is 4.37. The van der Waals surface area contributed by atoms with Gasteiger partial charge in [0.2, 0.25) is 0 Å². The third kappa shape index (κ3) is 1.76. The number of nitrogens with zero attached hydrogens (tertiary/aromatic N) is 1. The van der Waals surface area contributed by atoms with E-state index < -0.39 is 0 Å². The maximum absolute atomic E-state index is 5.51. The number of hydrogen-bond donors (Lipinski definition) is 0. The topological polar surface area (TPSA) is 21.7 Å². The van der Waals surface area contributed by atoms with Crippen LogP contribution < -0.4 is 9.47 Å². The number of aryl methyl sites for hydroxylation is 1. The van der Waals surface area contributed by atoms with Gasteiger partial charge in [0.05, 0.1) is 14.2 Å². The maximum atomic E-state index is 5.51. The van der Waals surface area contributed by atoms with E-state index in [9.17, 15) is 0 Å². The predicted molar refractivity (Wildman–Crippen MR) is 64.3 cm³/mol. The van der Waals surface area contributed by atoms with Gasteiger partial charge in [0.15, 0.2) is 0 Å². The van der Waals surface area contributed by atoms with Crippen LogP contribution in [-0.4, -0.2) is 32.7 Å². The second-order valence-corrected chi connectivity index (χ2v) is 4.37. The van der Waals surface area contributed by atoms with Crippen molar-refractivity contribution in [2.24, 2.45) is 0 Å². The average molecular weight is 221 g/mol. The zero-order valence-electron chi connectivity index (χ0n) is 10.5. The molecule has 0 radical (unpaired) electrons. The predicted octanol–water partition coefficient (Wildman–Crippen LogP) is 2.00. The first-order valence-corrected chi connectivity index (χ1v) is 5.59. The van der Waals surface area contributed by atoms with Gasteiger partial charge >= 0.3 is 0 Å². The lowest BCUT2D eigenvalue weighted by Gasteiger charge is -2.28. The highest BCUT2D eigenvalue weighted by Gasteiger charge is 2.22. The van der Waals surface area contributed by atoms with Crippen molar-refractivity contribution in [3.63, 3.8) is 0 Å². The summed E-state index contributed by atoms with van der Waals surface area (Å²) in [6.07, 6.45) is 1.03. The molecule has 0 N–H and O–H groups in total. The number of fused-ring (bicyclic) bond motifs is 1. The number of hydrogen-bond acceptors (Lipinski definition) is 3. The van der Waals surface area contributed by atoms with Crippen molar-refractivity contribution >= 4 is 0 Å². The molecule has 0 saturated carbocycles. The van der Waals surface area contributed by atoms with Crippen molar-refractivity contribution in [1.82, 2.24) is 4.90 Å². The standard InChI is InChI=1S/C13H19NO2/c1-9-7-12(15-3)10-5-6-14(2)8-11(10)13(9)16-4/h7H,5-6,8H2,1-4H3. The minimum atomic E-state index is 0.941. The summed E-state index contributed by atoms with van der Waals surface area (Å²) in [6, 6.07) is 2.07. The van der Waals surface area contributed by atoms with Gasteiger partial charge in [-0.2, -0.15) is 0 Å². The molecule has 0 spiro atoms. The molecule has 3 nitrogen and oxygen atoms in total. The van der Waals surface area contributed by atoms with Gasteiger partial charge in [-0.1, -0.05) is 0 Å². The lowest BCUT2D eigenvalue weighted by atomic mass is 9.95. The van der Waals surface area contributed by atoms with E-state index in [4.69, 9.17) is 9.47 Å². The van der Waals surface area contributed by atoms with Crippen molar-refractivity contribution < 1.29 is 9.47 Å². The molecular weight excluding hydrogens is 202 g/mol. The summed E-state index contributed by atoms with van der Waals surface area (Å²) in [5.41, 5.74) is 3.74. The maximum Gasteiger partial charge on any atom is 0.126 e. The summed E-state index contributed by atoms with van der Waals surface area (Å²) in [7, 11) is 5.61. The quantitative estimate of drug-likeness (QED) is 0.762. The molecule has 1 aromatic carbocycles. The van der Waals surface area contributed by atoms with E-state index in [1.54, 1.807) is 14.2 Å². The van der Waals surface area contributed by atoms with Crippen LogP contribution in [0.15, 0.2) is 6.07 Å². The normalized spacial score (nSPS) is 15.8. The highest BCUT2D eigenvalue weighted by atomic mass is 16.5. The molecule has 16 heavy (non-hydrogen) atoms. The van der Waals surface area contributed by atoms with Crippen molar-refractivity contribution in [1.29, 1.82) is 0 Å². The number of benzene rings is 1. The minimum Gasteiger partial charge on any atom is -0.496 e. The summed E-state index contributed by atoms with van der Waals surface area (Å²) in [4.78, 5) is 2.31. The molecule has 1 aliphatic rings. The Morgan fingerprint density at radius 1 is 1.19 bits per heavy atom. The molecule has 0 saturated heterocycles. The zero-order chi connectivity index (χ0) is 11.7. The first-order valence-electron chi connectivity index (χ1n) is 5.59. The van der Waals surface area contributed by atoms with Crippen LogP contribution in [0, 0.1) is 6.92 Å². The minimum absolute atomic E-state index is 0.941. The summed E-state index contributed by atoms with van der Waals surface area (Å²) >= 11 is 0. The van der Waals surface area contributed by atoms with Gasteiger partial charge < -0.3 is 14.4 Å². The Labute approximate surface area is 97.0 Å². The molecule has 0 fully saturated rings. The number of likely N-dealkylation sites (N-methyl/N-ethyl adjacent to an activating group) is 1. The Kier molecular flexibility index (Phi) is 3.06. The number of rotatable bonds is 2. The molecule has 3 heteroatoms. The van der Waals surface area contributed by atoms with Crippen LogP contribution >= 0.6 is 0 Å². The Bertz CT molecular complexity index is 401. The molecule has 0 aliphatic carbocycles.